The van der Waals surface area contributed by atoms with Gasteiger partial charge in [-0.3, -0.25) is 30.6 Å². The van der Waals surface area contributed by atoms with Crippen molar-refractivity contribution in [2.75, 3.05) is 6.61 Å². The molecule has 2 aromatic carbocycles. The molecule has 166 valence electrons. The van der Waals surface area contributed by atoms with Gasteiger partial charge in [-0.1, -0.05) is 24.3 Å². The molecule has 0 saturated heterocycles. The topological polar surface area (TPSA) is 166 Å². The lowest BCUT2D eigenvalue weighted by Gasteiger charge is -2.19. The number of allylic oxidation sites excluding steroid dienone is 1. The predicted octanol–water partition coefficient (Wildman–Crippen LogP) is 3.77. The van der Waals surface area contributed by atoms with E-state index >= 15 is 0 Å². The van der Waals surface area contributed by atoms with Crippen LogP contribution in [0.5, 0.6) is 0 Å². The van der Waals surface area contributed by atoms with Crippen molar-refractivity contribution in [3.8, 4) is 0 Å². The number of aliphatic imine (C=N–C) groups is 1. The Morgan fingerprint density at radius 2 is 1.69 bits per heavy atom. The van der Waals surface area contributed by atoms with Crippen molar-refractivity contribution in [1.29, 1.82) is 0 Å². The Kier molecular flexibility index (Phi) is 8.22. The molecule has 0 radical (unpaired) electrons. The Morgan fingerprint density at radius 3 is 2.28 bits per heavy atom. The van der Waals surface area contributed by atoms with E-state index in [0.29, 0.717) is 0 Å². The van der Waals surface area contributed by atoms with Crippen LogP contribution in [0.3, 0.4) is 0 Å². The van der Waals surface area contributed by atoms with Crippen LogP contribution in [-0.4, -0.2) is 28.6 Å². The number of nitrogens with one attached hydrogen (secondary N) is 1. The number of para-hydroxylation sites is 2. The molecule has 0 aliphatic carbocycles. The molecule has 32 heavy (non-hydrogen) atoms. The van der Waals surface area contributed by atoms with E-state index in [0.717, 1.165) is 0 Å². The van der Waals surface area contributed by atoms with E-state index in [2.05, 4.69) is 15.7 Å². The fourth-order valence-electron chi connectivity index (χ4n) is 2.92. The zero-order valence-corrected chi connectivity index (χ0v) is 17.1. The standard InChI is InChI=1S/C20H19N5O7/c1-3-32-20(26)18(13(2)21-12-14-8-4-6-10-16(14)24(28)29)19(22-23-27)15-9-5-7-11-17(15)25(30)31/h4-12,19H,3H2,1-2H3,(H,22,27)/b18-13+,21-12?/t19-/m1/s1. The highest BCUT2D eigenvalue weighted by Crippen LogP contribution is 2.32. The fraction of sp³-hybridized carbons (Fsp3) is 0.200. The molecule has 12 nitrogen and oxygen atoms in total. The summed E-state index contributed by atoms with van der Waals surface area (Å²) in [5.74, 6) is -0.885. The predicted molar refractivity (Wildman–Crippen MR) is 115 cm³/mol. The van der Waals surface area contributed by atoms with Gasteiger partial charge in [-0.25, -0.2) is 4.79 Å². The molecule has 1 atom stereocenters. The Balaban J connectivity index is 2.67. The number of nitro groups is 2. The molecule has 0 aromatic heterocycles. The monoisotopic (exact) mass is 441 g/mol. The average Bonchev–Trinajstić information content (AvgIpc) is 2.77. The molecule has 0 aliphatic heterocycles. The number of carbonyl (C=O) groups is 1. The van der Waals surface area contributed by atoms with E-state index in [9.17, 15) is 29.9 Å². The van der Waals surface area contributed by atoms with Gasteiger partial charge >= 0.3 is 5.97 Å². The fourth-order valence-corrected chi connectivity index (χ4v) is 2.92. The first-order chi connectivity index (χ1) is 15.3. The van der Waals surface area contributed by atoms with Gasteiger partial charge in [-0.05, 0) is 26.0 Å². The minimum absolute atomic E-state index is 0.0123. The molecule has 0 heterocycles. The Labute approximate surface area is 181 Å². The summed E-state index contributed by atoms with van der Waals surface area (Å²) in [5.41, 5.74) is 1.57. The molecule has 0 unspecified atom stereocenters. The SMILES string of the molecule is CCOC(=O)/C(=C(\C)N=Cc1ccccc1[N+](=O)[O-])[C@H](NN=O)c1ccccc1[N+](=O)[O-]. The zero-order valence-electron chi connectivity index (χ0n) is 17.1. The van der Waals surface area contributed by atoms with E-state index in [1.807, 2.05) is 0 Å². The molecule has 0 amide bonds. The van der Waals surface area contributed by atoms with Gasteiger partial charge < -0.3 is 4.74 Å². The van der Waals surface area contributed by atoms with Crippen LogP contribution < -0.4 is 5.43 Å². The highest BCUT2D eigenvalue weighted by Gasteiger charge is 2.31. The van der Waals surface area contributed by atoms with Gasteiger partial charge in [0.1, 0.15) is 6.04 Å². The number of nitro benzene ring substituents is 2. The number of hydrogen-bond acceptors (Lipinski definition) is 9. The molecular weight excluding hydrogens is 422 g/mol. The number of nitroso groups, excluding NO2 is 1. The third-order valence-corrected chi connectivity index (χ3v) is 4.33. The summed E-state index contributed by atoms with van der Waals surface area (Å²) >= 11 is 0. The molecule has 0 bridgehead atoms. The maximum absolute atomic E-state index is 12.7. The third kappa shape index (κ3) is 5.56. The number of carbonyl (C=O) groups excluding carboxylic acids is 1. The molecule has 0 aliphatic rings. The van der Waals surface area contributed by atoms with Gasteiger partial charge in [0.05, 0.1) is 44.1 Å². The lowest BCUT2D eigenvalue weighted by molar-refractivity contribution is -0.385. The molecule has 12 heteroatoms. The largest absolute Gasteiger partial charge is 0.463 e. The van der Waals surface area contributed by atoms with Gasteiger partial charge in [0.15, 0.2) is 0 Å². The summed E-state index contributed by atoms with van der Waals surface area (Å²) in [5, 5.41) is 25.3. The van der Waals surface area contributed by atoms with Crippen molar-refractivity contribution < 1.29 is 19.4 Å². The van der Waals surface area contributed by atoms with Gasteiger partial charge in [0.2, 0.25) is 0 Å². The van der Waals surface area contributed by atoms with E-state index in [1.165, 1.54) is 55.6 Å². The van der Waals surface area contributed by atoms with E-state index in [4.69, 9.17) is 4.74 Å². The highest BCUT2D eigenvalue weighted by molar-refractivity contribution is 5.92. The first kappa shape index (κ1) is 23.8. The van der Waals surface area contributed by atoms with Crippen molar-refractivity contribution in [2.24, 2.45) is 10.3 Å². The summed E-state index contributed by atoms with van der Waals surface area (Å²) in [6, 6.07) is 9.97. The zero-order chi connectivity index (χ0) is 23.7. The van der Waals surface area contributed by atoms with Crippen LogP contribution in [0.25, 0.3) is 0 Å². The first-order valence-electron chi connectivity index (χ1n) is 9.28. The van der Waals surface area contributed by atoms with E-state index in [-0.39, 0.29) is 40.4 Å². The van der Waals surface area contributed by atoms with Gasteiger partial charge in [-0.2, -0.15) is 0 Å². The van der Waals surface area contributed by atoms with Crippen molar-refractivity contribution in [3.05, 3.63) is 96.1 Å². The number of esters is 1. The van der Waals surface area contributed by atoms with Gasteiger partial charge in [0, 0.05) is 18.3 Å². The number of hydrogen-bond donors (Lipinski definition) is 1. The second kappa shape index (κ2) is 11.1. The van der Waals surface area contributed by atoms with Crippen LogP contribution in [0.4, 0.5) is 11.4 Å². The smallest absolute Gasteiger partial charge is 0.338 e. The Bertz CT molecular complexity index is 1100. The van der Waals surface area contributed by atoms with E-state index < -0.39 is 21.9 Å². The summed E-state index contributed by atoms with van der Waals surface area (Å²) < 4.78 is 5.06. The van der Waals surface area contributed by atoms with Crippen LogP contribution in [0.15, 0.2) is 70.1 Å². The maximum Gasteiger partial charge on any atom is 0.338 e. The van der Waals surface area contributed by atoms with Crippen molar-refractivity contribution in [3.63, 3.8) is 0 Å². The quantitative estimate of drug-likeness (QED) is 0.145. The van der Waals surface area contributed by atoms with Crippen LogP contribution in [0, 0.1) is 25.1 Å². The Hall–Kier alpha value is -4.48. The number of nitrogens with zero attached hydrogens (tertiary/aromatic N) is 4. The summed E-state index contributed by atoms with van der Waals surface area (Å²) in [4.78, 5) is 49.4. The molecule has 0 spiro atoms. The van der Waals surface area contributed by atoms with Crippen LogP contribution in [0.2, 0.25) is 0 Å². The van der Waals surface area contributed by atoms with Crippen LogP contribution >= 0.6 is 0 Å². The number of ether oxygens (including phenoxy) is 1. The lowest BCUT2D eigenvalue weighted by Crippen LogP contribution is -2.25. The molecule has 2 rings (SSSR count). The van der Waals surface area contributed by atoms with Gasteiger partial charge in [0.25, 0.3) is 11.4 Å². The summed E-state index contributed by atoms with van der Waals surface area (Å²) in [7, 11) is 0. The number of benzene rings is 2. The second-order valence-electron chi connectivity index (χ2n) is 6.26. The van der Waals surface area contributed by atoms with Crippen molar-refractivity contribution >= 4 is 23.6 Å². The summed E-state index contributed by atoms with van der Waals surface area (Å²) in [6.07, 6.45) is 1.18. The molecule has 1 N–H and O–H groups in total. The first-order valence-corrected chi connectivity index (χ1v) is 9.28. The van der Waals surface area contributed by atoms with Crippen molar-refractivity contribution in [1.82, 2.24) is 5.43 Å². The van der Waals surface area contributed by atoms with Crippen molar-refractivity contribution in [2.45, 2.75) is 19.9 Å². The molecule has 0 fully saturated rings. The minimum Gasteiger partial charge on any atom is -0.463 e. The van der Waals surface area contributed by atoms with E-state index in [1.54, 1.807) is 13.0 Å². The van der Waals surface area contributed by atoms with Crippen LogP contribution in [-0.2, 0) is 9.53 Å². The normalized spacial score (nSPS) is 12.6. The second-order valence-corrected chi connectivity index (χ2v) is 6.26. The average molecular weight is 441 g/mol. The third-order valence-electron chi connectivity index (χ3n) is 4.33. The Morgan fingerprint density at radius 1 is 1.09 bits per heavy atom. The van der Waals surface area contributed by atoms with Gasteiger partial charge in [-0.15, -0.1) is 4.91 Å². The molecule has 2 aromatic rings. The highest BCUT2D eigenvalue weighted by atomic mass is 16.6. The lowest BCUT2D eigenvalue weighted by atomic mass is 9.96. The van der Waals surface area contributed by atoms with Crippen LogP contribution in [0.1, 0.15) is 31.0 Å². The minimum atomic E-state index is -1.35. The molecular formula is C20H19N5O7. The number of rotatable bonds is 10. The maximum atomic E-state index is 12.7. The summed E-state index contributed by atoms with van der Waals surface area (Å²) in [6.45, 7) is 2.96. The molecule has 0 saturated carbocycles.